The summed E-state index contributed by atoms with van der Waals surface area (Å²) < 4.78 is 1.14. The van der Waals surface area contributed by atoms with Gasteiger partial charge in [-0.05, 0) is 28.8 Å². The molecule has 2 rings (SSSR count). The molecule has 0 fully saturated rings. The molecule has 0 bridgehead atoms. The molecular formula is C7H6IN3S. The summed E-state index contributed by atoms with van der Waals surface area (Å²) in [5.41, 5.74) is 2.01. The van der Waals surface area contributed by atoms with Gasteiger partial charge in [0.15, 0.2) is 5.16 Å². The van der Waals surface area contributed by atoms with Gasteiger partial charge >= 0.3 is 0 Å². The van der Waals surface area contributed by atoms with Gasteiger partial charge in [0.2, 0.25) is 0 Å². The number of nitrogens with zero attached hydrogens (tertiary/aromatic N) is 2. The van der Waals surface area contributed by atoms with Crippen LogP contribution in [-0.2, 0) is 0 Å². The van der Waals surface area contributed by atoms with Gasteiger partial charge in [-0.25, -0.2) is 9.97 Å². The molecule has 1 N–H and O–H groups in total. The fraction of sp³-hybridized carbons (Fsp3) is 0.143. The Morgan fingerprint density at radius 2 is 2.42 bits per heavy atom. The van der Waals surface area contributed by atoms with Gasteiger partial charge in [-0.1, -0.05) is 11.8 Å². The molecule has 0 amide bonds. The third kappa shape index (κ3) is 1.31. The molecule has 0 aliphatic carbocycles. The molecule has 2 heterocycles. The van der Waals surface area contributed by atoms with Crippen LogP contribution in [-0.4, -0.2) is 21.2 Å². The summed E-state index contributed by atoms with van der Waals surface area (Å²) in [7, 11) is 0. The molecule has 2 aromatic rings. The van der Waals surface area contributed by atoms with E-state index in [0.717, 1.165) is 19.8 Å². The molecule has 0 saturated heterocycles. The zero-order chi connectivity index (χ0) is 8.55. The lowest BCUT2D eigenvalue weighted by Crippen LogP contribution is -1.85. The summed E-state index contributed by atoms with van der Waals surface area (Å²) in [5, 5.41) is 0.819. The monoisotopic (exact) mass is 291 g/mol. The van der Waals surface area contributed by atoms with Gasteiger partial charge in [0.05, 0.1) is 15.3 Å². The third-order valence-electron chi connectivity index (χ3n) is 1.53. The lowest BCUT2D eigenvalue weighted by atomic mass is 10.5. The minimum absolute atomic E-state index is 0.819. The molecule has 3 nitrogen and oxygen atoms in total. The molecule has 0 saturated carbocycles. The van der Waals surface area contributed by atoms with Gasteiger partial charge in [-0.3, -0.25) is 0 Å². The van der Waals surface area contributed by atoms with Crippen molar-refractivity contribution in [3.8, 4) is 0 Å². The topological polar surface area (TPSA) is 41.6 Å². The average Bonchev–Trinajstić information content (AvgIpc) is 2.47. The lowest BCUT2D eigenvalue weighted by Gasteiger charge is -1.93. The minimum Gasteiger partial charge on any atom is -0.358 e. The fourth-order valence-corrected chi connectivity index (χ4v) is 1.87. The van der Waals surface area contributed by atoms with Gasteiger partial charge in [-0.15, -0.1) is 0 Å². The van der Waals surface area contributed by atoms with Crippen LogP contribution in [0.1, 0.15) is 0 Å². The van der Waals surface area contributed by atoms with E-state index in [4.69, 9.17) is 0 Å². The van der Waals surface area contributed by atoms with Crippen LogP contribution in [0.15, 0.2) is 17.6 Å². The highest BCUT2D eigenvalue weighted by atomic mass is 127. The Labute approximate surface area is 87.5 Å². The first-order valence-corrected chi connectivity index (χ1v) is 5.65. The van der Waals surface area contributed by atoms with Crippen LogP contribution in [0.2, 0.25) is 0 Å². The normalized spacial score (nSPS) is 10.8. The quantitative estimate of drug-likeness (QED) is 0.498. The van der Waals surface area contributed by atoms with Crippen molar-refractivity contribution >= 4 is 45.4 Å². The SMILES string of the molecule is CSc1ncc2[nH]cc(I)c2n1. The van der Waals surface area contributed by atoms with Crippen molar-refractivity contribution in [1.82, 2.24) is 15.0 Å². The number of hydrogen-bond donors (Lipinski definition) is 1. The zero-order valence-corrected chi connectivity index (χ0v) is 9.31. The Hall–Kier alpha value is -0.300. The smallest absolute Gasteiger partial charge is 0.187 e. The predicted molar refractivity (Wildman–Crippen MR) is 58.4 cm³/mol. The molecule has 62 valence electrons. The third-order valence-corrected chi connectivity index (χ3v) is 2.91. The summed E-state index contributed by atoms with van der Waals surface area (Å²) >= 11 is 3.81. The van der Waals surface area contributed by atoms with Crippen molar-refractivity contribution in [2.75, 3.05) is 6.26 Å². The first-order valence-electron chi connectivity index (χ1n) is 3.35. The number of nitrogens with one attached hydrogen (secondary N) is 1. The summed E-state index contributed by atoms with van der Waals surface area (Å²) in [5.74, 6) is 0. The molecule has 0 radical (unpaired) electrons. The number of hydrogen-bond acceptors (Lipinski definition) is 3. The molecule has 5 heteroatoms. The maximum Gasteiger partial charge on any atom is 0.187 e. The lowest BCUT2D eigenvalue weighted by molar-refractivity contribution is 1.01. The second-order valence-corrected chi connectivity index (χ2v) is 4.19. The molecule has 0 aliphatic heterocycles. The maximum atomic E-state index is 4.37. The highest BCUT2D eigenvalue weighted by Crippen LogP contribution is 2.19. The minimum atomic E-state index is 0.819. The van der Waals surface area contributed by atoms with Crippen LogP contribution in [0.4, 0.5) is 0 Å². The number of aromatic amines is 1. The molecule has 12 heavy (non-hydrogen) atoms. The van der Waals surface area contributed by atoms with Crippen molar-refractivity contribution in [1.29, 1.82) is 0 Å². The van der Waals surface area contributed by atoms with Gasteiger partial charge in [0.25, 0.3) is 0 Å². The highest BCUT2D eigenvalue weighted by molar-refractivity contribution is 14.1. The molecular weight excluding hydrogens is 285 g/mol. The Bertz CT molecular complexity index is 412. The van der Waals surface area contributed by atoms with Crippen LogP contribution < -0.4 is 0 Å². The maximum absolute atomic E-state index is 4.37. The standard InChI is InChI=1S/C7H6IN3S/c1-12-7-10-3-5-6(11-7)4(8)2-9-5/h2-3,9H,1H3. The van der Waals surface area contributed by atoms with Crippen molar-refractivity contribution in [2.45, 2.75) is 5.16 Å². The van der Waals surface area contributed by atoms with E-state index in [2.05, 4.69) is 37.5 Å². The van der Waals surface area contributed by atoms with Crippen molar-refractivity contribution in [3.63, 3.8) is 0 Å². The van der Waals surface area contributed by atoms with E-state index in [1.807, 2.05) is 18.6 Å². The van der Waals surface area contributed by atoms with E-state index in [1.165, 1.54) is 0 Å². The van der Waals surface area contributed by atoms with E-state index in [9.17, 15) is 0 Å². The summed E-state index contributed by atoms with van der Waals surface area (Å²) in [6.45, 7) is 0. The first kappa shape index (κ1) is 8.31. The Morgan fingerprint density at radius 3 is 3.17 bits per heavy atom. The van der Waals surface area contributed by atoms with Crippen LogP contribution in [0.5, 0.6) is 0 Å². The number of H-pyrrole nitrogens is 1. The largest absolute Gasteiger partial charge is 0.358 e. The van der Waals surface area contributed by atoms with Crippen LogP contribution in [0.3, 0.4) is 0 Å². The second kappa shape index (κ2) is 3.21. The molecule has 0 aromatic carbocycles. The molecule has 0 atom stereocenters. The Morgan fingerprint density at radius 1 is 1.58 bits per heavy atom. The van der Waals surface area contributed by atoms with E-state index in [1.54, 1.807) is 11.8 Å². The van der Waals surface area contributed by atoms with E-state index in [-0.39, 0.29) is 0 Å². The summed E-state index contributed by atoms with van der Waals surface area (Å²) in [4.78, 5) is 11.6. The first-order chi connectivity index (χ1) is 5.81. The van der Waals surface area contributed by atoms with Crippen LogP contribution >= 0.6 is 34.4 Å². The number of halogens is 1. The average molecular weight is 291 g/mol. The van der Waals surface area contributed by atoms with E-state index in [0.29, 0.717) is 0 Å². The second-order valence-electron chi connectivity index (χ2n) is 2.26. The molecule has 0 aliphatic rings. The van der Waals surface area contributed by atoms with Gasteiger partial charge in [0.1, 0.15) is 5.52 Å². The number of fused-ring (bicyclic) bond motifs is 1. The molecule has 0 unspecified atom stereocenters. The van der Waals surface area contributed by atoms with Crippen molar-refractivity contribution in [3.05, 3.63) is 16.0 Å². The van der Waals surface area contributed by atoms with Gasteiger partial charge in [0, 0.05) is 6.20 Å². The van der Waals surface area contributed by atoms with Crippen LogP contribution in [0, 0.1) is 3.57 Å². The number of thioether (sulfide) groups is 1. The van der Waals surface area contributed by atoms with Crippen molar-refractivity contribution < 1.29 is 0 Å². The highest BCUT2D eigenvalue weighted by Gasteiger charge is 2.03. The van der Waals surface area contributed by atoms with E-state index < -0.39 is 0 Å². The van der Waals surface area contributed by atoms with Crippen LogP contribution in [0.25, 0.3) is 11.0 Å². The number of rotatable bonds is 1. The fourth-order valence-electron chi connectivity index (χ4n) is 0.961. The van der Waals surface area contributed by atoms with Gasteiger partial charge < -0.3 is 4.98 Å². The zero-order valence-electron chi connectivity index (χ0n) is 6.34. The summed E-state index contributed by atoms with van der Waals surface area (Å²) in [6, 6.07) is 0. The predicted octanol–water partition coefficient (Wildman–Crippen LogP) is 2.28. The Kier molecular flexibility index (Phi) is 2.22. The van der Waals surface area contributed by atoms with Gasteiger partial charge in [-0.2, -0.15) is 0 Å². The Balaban J connectivity index is 2.71. The summed E-state index contributed by atoms with van der Waals surface area (Å²) in [6.07, 6.45) is 5.72. The molecule has 2 aromatic heterocycles. The van der Waals surface area contributed by atoms with E-state index >= 15 is 0 Å². The van der Waals surface area contributed by atoms with Crippen molar-refractivity contribution in [2.24, 2.45) is 0 Å². The number of aromatic nitrogens is 3. The molecule has 0 spiro atoms.